The number of nitrogens with one attached hydrogen (secondary N) is 1. The highest BCUT2D eigenvalue weighted by molar-refractivity contribution is 6.67. The van der Waals surface area contributed by atoms with Crippen molar-refractivity contribution < 1.29 is 27.4 Å². The van der Waals surface area contributed by atoms with Crippen molar-refractivity contribution in [2.45, 2.75) is 6.36 Å². The maximum Gasteiger partial charge on any atom is 0.573 e. The molecule has 0 saturated heterocycles. The lowest BCUT2D eigenvalue weighted by Gasteiger charge is -2.13. The zero-order chi connectivity index (χ0) is 13.2. The zero-order valence-electron chi connectivity index (χ0n) is 8.22. The molecule has 0 saturated carbocycles. The van der Waals surface area contributed by atoms with Crippen LogP contribution in [-0.2, 0) is 0 Å². The van der Waals surface area contributed by atoms with E-state index in [2.05, 4.69) is 9.47 Å². The zero-order valence-corrected chi connectivity index (χ0v) is 8.98. The summed E-state index contributed by atoms with van der Waals surface area (Å²) in [6, 6.07) is 0.699. The molecule has 94 valence electrons. The lowest BCUT2D eigenvalue weighted by molar-refractivity contribution is -0.275. The van der Waals surface area contributed by atoms with Gasteiger partial charge >= 0.3 is 6.36 Å². The number of carbonyl (C=O) groups is 1. The minimum atomic E-state index is -5.05. The fraction of sp³-hybridized carbons (Fsp3) is 0.250. The summed E-state index contributed by atoms with van der Waals surface area (Å²) in [5, 5.41) is -1.31. The number of methoxy groups -OCH3 is 1. The molecule has 0 spiro atoms. The van der Waals surface area contributed by atoms with Gasteiger partial charge in [-0.05, 0) is 11.6 Å². The quantitative estimate of drug-likeness (QED) is 0.849. The lowest BCUT2D eigenvalue weighted by Crippen LogP contribution is -2.21. The van der Waals surface area contributed by atoms with Crippen LogP contribution in [0.3, 0.4) is 0 Å². The number of H-pyrrole nitrogens is 1. The standard InChI is InChI=1S/C8H5ClF3NO4/c1-16-3-2-4(14)13-5(7(9)15)6(3)17-8(10,11)12/h2H,1H3,(H,13,14). The molecule has 1 heterocycles. The fourth-order valence-electron chi connectivity index (χ4n) is 1.03. The summed E-state index contributed by atoms with van der Waals surface area (Å²) in [5.41, 5.74) is -1.67. The number of alkyl halides is 3. The van der Waals surface area contributed by atoms with Gasteiger partial charge in [-0.3, -0.25) is 9.59 Å². The Morgan fingerprint density at radius 3 is 2.47 bits per heavy atom. The molecule has 1 N–H and O–H groups in total. The second-order valence-corrected chi connectivity index (χ2v) is 3.07. The summed E-state index contributed by atoms with van der Waals surface area (Å²) in [7, 11) is 1.01. The highest BCUT2D eigenvalue weighted by Gasteiger charge is 2.35. The number of hydrogen-bond donors (Lipinski definition) is 1. The molecule has 1 aromatic heterocycles. The molecular formula is C8H5ClF3NO4. The van der Waals surface area contributed by atoms with Gasteiger partial charge in [0.25, 0.3) is 10.8 Å². The number of aromatic amines is 1. The second-order valence-electron chi connectivity index (χ2n) is 2.73. The van der Waals surface area contributed by atoms with Crippen molar-refractivity contribution >= 4 is 16.8 Å². The highest BCUT2D eigenvalue weighted by Crippen LogP contribution is 2.33. The van der Waals surface area contributed by atoms with Crippen LogP contribution in [0.15, 0.2) is 10.9 Å². The minimum Gasteiger partial charge on any atom is -0.493 e. The van der Waals surface area contributed by atoms with Gasteiger partial charge in [0.15, 0.2) is 11.5 Å². The van der Waals surface area contributed by atoms with Crippen molar-refractivity contribution in [3.05, 3.63) is 22.1 Å². The third kappa shape index (κ3) is 3.38. The van der Waals surface area contributed by atoms with E-state index in [1.54, 1.807) is 0 Å². The smallest absolute Gasteiger partial charge is 0.493 e. The second kappa shape index (κ2) is 4.66. The summed E-state index contributed by atoms with van der Waals surface area (Å²) in [4.78, 5) is 23.7. The molecular weight excluding hydrogens is 267 g/mol. The minimum absolute atomic E-state index is 0.546. The van der Waals surface area contributed by atoms with Gasteiger partial charge in [-0.15, -0.1) is 13.2 Å². The van der Waals surface area contributed by atoms with E-state index in [9.17, 15) is 22.8 Å². The molecule has 9 heteroatoms. The number of hydrogen-bond acceptors (Lipinski definition) is 4. The summed E-state index contributed by atoms with van der Waals surface area (Å²) >= 11 is 5.03. The Morgan fingerprint density at radius 1 is 1.47 bits per heavy atom. The molecule has 5 nitrogen and oxygen atoms in total. The molecule has 0 aromatic carbocycles. The van der Waals surface area contributed by atoms with Crippen molar-refractivity contribution in [3.63, 3.8) is 0 Å². The molecule has 1 rings (SSSR count). The van der Waals surface area contributed by atoms with Gasteiger partial charge < -0.3 is 14.5 Å². The molecule has 1 aromatic rings. The van der Waals surface area contributed by atoms with Crippen LogP contribution in [-0.4, -0.2) is 23.7 Å². The molecule has 0 unspecified atom stereocenters. The van der Waals surface area contributed by atoms with Crippen LogP contribution in [0.2, 0.25) is 0 Å². The van der Waals surface area contributed by atoms with E-state index in [0.717, 1.165) is 7.11 Å². The van der Waals surface area contributed by atoms with Crippen molar-refractivity contribution in [2.24, 2.45) is 0 Å². The monoisotopic (exact) mass is 271 g/mol. The average Bonchev–Trinajstić information content (AvgIpc) is 2.17. The Hall–Kier alpha value is -1.70. The summed E-state index contributed by atoms with van der Waals surface area (Å²) in [6.45, 7) is 0. The average molecular weight is 272 g/mol. The number of carbonyl (C=O) groups excluding carboxylic acids is 1. The van der Waals surface area contributed by atoms with Crippen LogP contribution in [0.1, 0.15) is 10.5 Å². The van der Waals surface area contributed by atoms with Gasteiger partial charge in [-0.2, -0.15) is 0 Å². The van der Waals surface area contributed by atoms with Crippen LogP contribution in [0.5, 0.6) is 11.5 Å². The van der Waals surface area contributed by atoms with Crippen LogP contribution in [0.4, 0.5) is 13.2 Å². The Labute approximate surface area is 97.1 Å². The van der Waals surface area contributed by atoms with Crippen molar-refractivity contribution in [2.75, 3.05) is 7.11 Å². The van der Waals surface area contributed by atoms with E-state index in [4.69, 9.17) is 11.6 Å². The third-order valence-corrected chi connectivity index (χ3v) is 1.78. The van der Waals surface area contributed by atoms with E-state index in [1.165, 1.54) is 0 Å². The third-order valence-electron chi connectivity index (χ3n) is 1.60. The van der Waals surface area contributed by atoms with Gasteiger partial charge in [0.1, 0.15) is 5.69 Å². The highest BCUT2D eigenvalue weighted by atomic mass is 35.5. The van der Waals surface area contributed by atoms with Gasteiger partial charge in [0, 0.05) is 6.07 Å². The van der Waals surface area contributed by atoms with Gasteiger partial charge in [-0.25, -0.2) is 0 Å². The molecule has 0 aliphatic rings. The molecule has 0 atom stereocenters. The molecule has 0 aliphatic carbocycles. The Kier molecular flexibility index (Phi) is 3.66. The Morgan fingerprint density at radius 2 is 2.06 bits per heavy atom. The first-order valence-electron chi connectivity index (χ1n) is 4.01. The molecule has 0 amide bonds. The molecule has 17 heavy (non-hydrogen) atoms. The van der Waals surface area contributed by atoms with E-state index in [1.807, 2.05) is 4.98 Å². The van der Waals surface area contributed by atoms with Gasteiger partial charge in [0.2, 0.25) is 0 Å². The van der Waals surface area contributed by atoms with Gasteiger partial charge in [-0.1, -0.05) is 0 Å². The normalized spacial score (nSPS) is 11.1. The SMILES string of the molecule is COc1cc(=O)[nH]c(C(=O)Cl)c1OC(F)(F)F. The first kappa shape index (κ1) is 13.4. The topological polar surface area (TPSA) is 68.4 Å². The summed E-state index contributed by atoms with van der Waals surface area (Å²) < 4.78 is 44.3. The van der Waals surface area contributed by atoms with Crippen LogP contribution in [0, 0.1) is 0 Å². The molecule has 0 aliphatic heterocycles. The van der Waals surface area contributed by atoms with Crippen LogP contribution < -0.4 is 15.0 Å². The number of rotatable bonds is 3. The largest absolute Gasteiger partial charge is 0.573 e. The summed E-state index contributed by atoms with van der Waals surface area (Å²) in [5.74, 6) is -1.53. The number of pyridine rings is 1. The van der Waals surface area contributed by atoms with E-state index in [-0.39, 0.29) is 0 Å². The summed E-state index contributed by atoms with van der Waals surface area (Å²) in [6.07, 6.45) is -5.05. The lowest BCUT2D eigenvalue weighted by atomic mass is 10.3. The fourth-order valence-corrected chi connectivity index (χ4v) is 1.16. The van der Waals surface area contributed by atoms with E-state index < -0.39 is 34.4 Å². The Balaban J connectivity index is 3.42. The van der Waals surface area contributed by atoms with Crippen molar-refractivity contribution in [1.82, 2.24) is 4.98 Å². The maximum atomic E-state index is 12.1. The van der Waals surface area contributed by atoms with Crippen molar-refractivity contribution in [3.8, 4) is 11.5 Å². The van der Waals surface area contributed by atoms with E-state index >= 15 is 0 Å². The molecule has 0 fully saturated rings. The Bertz CT molecular complexity index is 497. The van der Waals surface area contributed by atoms with Crippen LogP contribution >= 0.6 is 11.6 Å². The predicted octanol–water partition coefficient (Wildman–Crippen LogP) is 1.66. The number of aromatic nitrogens is 1. The number of ether oxygens (including phenoxy) is 2. The van der Waals surface area contributed by atoms with Crippen LogP contribution in [0.25, 0.3) is 0 Å². The predicted molar refractivity (Wildman–Crippen MR) is 50.5 cm³/mol. The van der Waals surface area contributed by atoms with E-state index in [0.29, 0.717) is 6.07 Å². The van der Waals surface area contributed by atoms with Gasteiger partial charge in [0.05, 0.1) is 7.11 Å². The maximum absolute atomic E-state index is 12.1. The first-order valence-corrected chi connectivity index (χ1v) is 4.39. The van der Waals surface area contributed by atoms with Crippen molar-refractivity contribution in [1.29, 1.82) is 0 Å². The number of halogens is 4. The molecule has 0 radical (unpaired) electrons. The first-order chi connectivity index (χ1) is 7.74. The molecule has 0 bridgehead atoms.